The van der Waals surface area contributed by atoms with Gasteiger partial charge in [0.2, 0.25) is 23.6 Å². The number of ether oxygens (including phenoxy) is 2. The first-order valence-corrected chi connectivity index (χ1v) is 20.8. The molecule has 6 atom stereocenters. The number of fused-ring (bicyclic) bond motifs is 4. The maximum Gasteiger partial charge on any atom is 0.333 e. The van der Waals surface area contributed by atoms with Gasteiger partial charge in [-0.3, -0.25) is 24.0 Å². The normalized spacial score (nSPS) is 22.6. The summed E-state index contributed by atoms with van der Waals surface area (Å²) < 4.78 is 13.7. The van der Waals surface area contributed by atoms with Crippen molar-refractivity contribution in [1.82, 2.24) is 35.7 Å². The molecule has 1 aliphatic carbocycles. The van der Waals surface area contributed by atoms with Crippen LogP contribution in [0.5, 0.6) is 0 Å². The molecule has 2 aromatic rings. The number of amides is 5. The van der Waals surface area contributed by atoms with E-state index < -0.39 is 72.2 Å². The lowest BCUT2D eigenvalue weighted by molar-refractivity contribution is -0.158. The van der Waals surface area contributed by atoms with Crippen LogP contribution < -0.4 is 21.3 Å². The van der Waals surface area contributed by atoms with Crippen molar-refractivity contribution >= 4 is 35.5 Å². The first kappa shape index (κ1) is 44.3. The van der Waals surface area contributed by atoms with E-state index in [9.17, 15) is 33.9 Å². The Morgan fingerprint density at radius 2 is 1.78 bits per heavy atom. The van der Waals surface area contributed by atoms with E-state index in [1.807, 2.05) is 17.7 Å². The Hall–Kier alpha value is -4.83. The fourth-order valence-electron chi connectivity index (χ4n) is 7.94. The highest BCUT2D eigenvalue weighted by Gasteiger charge is 2.45. The highest BCUT2D eigenvalue weighted by atomic mass is 16.6. The second-order valence-electron chi connectivity index (χ2n) is 16.7. The summed E-state index contributed by atoms with van der Waals surface area (Å²) in [4.78, 5) is 87.4. The number of esters is 1. The minimum absolute atomic E-state index is 0.0246. The Labute approximate surface area is 340 Å². The number of aliphatic hydroxyl groups is 1. The van der Waals surface area contributed by atoms with Gasteiger partial charge >= 0.3 is 5.97 Å². The van der Waals surface area contributed by atoms with E-state index in [2.05, 4.69) is 26.3 Å². The summed E-state index contributed by atoms with van der Waals surface area (Å²) in [7, 11) is 0. The van der Waals surface area contributed by atoms with E-state index in [0.29, 0.717) is 30.8 Å². The van der Waals surface area contributed by atoms with Gasteiger partial charge in [-0.25, -0.2) is 9.78 Å². The number of benzene rings is 1. The SMILES string of the molecule is CCCC(NC(=O)[C@@H]1C[C@@H]2CN1C(=O)[C@H](C1CCCCC1)NC(=O)Cc1cn(cn1)CCCCO2)C(O)C(=O)NCC(=O)N[C@H](C(=O)OC(C)(C)C)c1ccccc1. The third kappa shape index (κ3) is 12.6. The molecule has 4 bridgehead atoms. The van der Waals surface area contributed by atoms with Gasteiger partial charge in [-0.05, 0) is 64.4 Å². The molecule has 1 saturated heterocycles. The molecule has 318 valence electrons. The van der Waals surface area contributed by atoms with Crippen molar-refractivity contribution in [2.24, 2.45) is 5.92 Å². The van der Waals surface area contributed by atoms with Crippen molar-refractivity contribution in [3.8, 4) is 0 Å². The molecule has 5 amide bonds. The molecule has 2 fully saturated rings. The molecule has 3 aliphatic rings. The van der Waals surface area contributed by atoms with Gasteiger partial charge < -0.3 is 45.3 Å². The fraction of sp³-hybridized carbons (Fsp3) is 0.643. The van der Waals surface area contributed by atoms with Crippen molar-refractivity contribution in [2.75, 3.05) is 19.7 Å². The first-order valence-electron chi connectivity index (χ1n) is 20.8. The summed E-state index contributed by atoms with van der Waals surface area (Å²) in [6, 6.07) is 4.54. The van der Waals surface area contributed by atoms with Gasteiger partial charge in [-0.15, -0.1) is 0 Å². The lowest BCUT2D eigenvalue weighted by Gasteiger charge is -2.35. The van der Waals surface area contributed by atoms with Crippen molar-refractivity contribution in [3.05, 3.63) is 54.1 Å². The number of aliphatic hydroxyl groups excluding tert-OH is 1. The number of imidazole rings is 1. The van der Waals surface area contributed by atoms with Gasteiger partial charge in [0.05, 0.1) is 37.1 Å². The van der Waals surface area contributed by atoms with Gasteiger partial charge in [0.25, 0.3) is 5.91 Å². The largest absolute Gasteiger partial charge is 0.458 e. The predicted molar refractivity (Wildman–Crippen MR) is 213 cm³/mol. The highest BCUT2D eigenvalue weighted by molar-refractivity contribution is 5.94. The van der Waals surface area contributed by atoms with Gasteiger partial charge in [0, 0.05) is 32.3 Å². The van der Waals surface area contributed by atoms with Crippen LogP contribution in [0.15, 0.2) is 42.9 Å². The maximum absolute atomic E-state index is 14.5. The summed E-state index contributed by atoms with van der Waals surface area (Å²) in [6.07, 6.45) is 8.32. The van der Waals surface area contributed by atoms with E-state index in [1.165, 1.54) is 4.90 Å². The Morgan fingerprint density at radius 3 is 2.48 bits per heavy atom. The summed E-state index contributed by atoms with van der Waals surface area (Å²) >= 11 is 0. The van der Waals surface area contributed by atoms with Gasteiger partial charge in [-0.1, -0.05) is 62.9 Å². The van der Waals surface area contributed by atoms with Crippen LogP contribution in [-0.2, 0) is 51.2 Å². The summed E-state index contributed by atoms with van der Waals surface area (Å²) in [5, 5.41) is 22.1. The molecule has 5 N–H and O–H groups in total. The molecule has 3 heterocycles. The average Bonchev–Trinajstić information content (AvgIpc) is 3.84. The molecule has 16 heteroatoms. The lowest BCUT2D eigenvalue weighted by Crippen LogP contribution is -2.58. The standard InChI is InChI=1S/C42H61N7O9/c1-5-14-31(37(52)39(54)43-23-34(51)47-36(28-17-10-7-11-18-28)41(56)58-42(2,3)4)45-38(53)32-22-30-25-49(32)40(55)35(27-15-8-6-9-16-27)46-33(50)21-29-24-48(26-44-29)19-12-13-20-57-30/h7,10-11,17-18,24,26-27,30-32,35-37,52H,5-6,8-9,12-16,19-23,25H2,1-4H3,(H,43,54)(H,45,53)(H,46,50)(H,47,51)/t30-,31?,32+,35+,36+,37?/m1/s1. The van der Waals surface area contributed by atoms with Crippen LogP contribution in [0.4, 0.5) is 0 Å². The molecule has 2 unspecified atom stereocenters. The first-order chi connectivity index (χ1) is 27.7. The van der Waals surface area contributed by atoms with Crippen LogP contribution in [-0.4, -0.2) is 111 Å². The van der Waals surface area contributed by atoms with E-state index in [1.54, 1.807) is 57.4 Å². The number of aryl methyl sites for hydroxylation is 1. The molecule has 5 rings (SSSR count). The molecule has 0 spiro atoms. The zero-order chi connectivity index (χ0) is 41.8. The van der Waals surface area contributed by atoms with Crippen molar-refractivity contribution in [2.45, 2.75) is 147 Å². The van der Waals surface area contributed by atoms with Gasteiger partial charge in [0.15, 0.2) is 12.1 Å². The molecular formula is C42H61N7O9. The fourth-order valence-corrected chi connectivity index (χ4v) is 7.94. The molecule has 0 radical (unpaired) electrons. The van der Waals surface area contributed by atoms with Crippen LogP contribution in [0.1, 0.15) is 109 Å². The van der Waals surface area contributed by atoms with Crippen LogP contribution in [0.2, 0.25) is 0 Å². The molecule has 2 aliphatic heterocycles. The van der Waals surface area contributed by atoms with Crippen LogP contribution in [0.25, 0.3) is 0 Å². The number of rotatable bonds is 12. The number of aromatic nitrogens is 2. The van der Waals surface area contributed by atoms with Crippen LogP contribution in [0.3, 0.4) is 0 Å². The Morgan fingerprint density at radius 1 is 1.03 bits per heavy atom. The monoisotopic (exact) mass is 807 g/mol. The summed E-state index contributed by atoms with van der Waals surface area (Å²) in [5.74, 6) is -3.61. The van der Waals surface area contributed by atoms with Gasteiger partial charge in [-0.2, -0.15) is 0 Å². The Kier molecular flexibility index (Phi) is 15.8. The molecule has 1 saturated carbocycles. The zero-order valence-corrected chi connectivity index (χ0v) is 34.2. The number of carbonyl (C=O) groups is 6. The predicted octanol–water partition coefficient (Wildman–Crippen LogP) is 2.23. The third-order valence-corrected chi connectivity index (χ3v) is 10.8. The van der Waals surface area contributed by atoms with Crippen LogP contribution >= 0.6 is 0 Å². The van der Waals surface area contributed by atoms with Crippen molar-refractivity contribution < 1.29 is 43.3 Å². The number of nitrogens with one attached hydrogen (secondary N) is 4. The number of nitrogens with zero attached hydrogens (tertiary/aromatic N) is 3. The quantitative estimate of drug-likeness (QED) is 0.198. The summed E-state index contributed by atoms with van der Waals surface area (Å²) in [6.45, 7) is 7.71. The highest BCUT2D eigenvalue weighted by Crippen LogP contribution is 2.30. The van der Waals surface area contributed by atoms with Crippen molar-refractivity contribution in [3.63, 3.8) is 0 Å². The number of hydrogen-bond donors (Lipinski definition) is 5. The molecule has 1 aromatic heterocycles. The minimum Gasteiger partial charge on any atom is -0.458 e. The van der Waals surface area contributed by atoms with Crippen molar-refractivity contribution in [1.29, 1.82) is 0 Å². The number of carbonyl (C=O) groups excluding carboxylic acids is 6. The minimum atomic E-state index is -1.74. The van der Waals surface area contributed by atoms with E-state index >= 15 is 0 Å². The Bertz CT molecular complexity index is 1720. The number of hydrogen-bond acceptors (Lipinski definition) is 10. The smallest absolute Gasteiger partial charge is 0.333 e. The second-order valence-corrected chi connectivity index (χ2v) is 16.7. The van der Waals surface area contributed by atoms with E-state index in [0.717, 1.165) is 44.9 Å². The molecule has 16 nitrogen and oxygen atoms in total. The molecule has 58 heavy (non-hydrogen) atoms. The van der Waals surface area contributed by atoms with Gasteiger partial charge in [0.1, 0.15) is 17.7 Å². The van der Waals surface area contributed by atoms with E-state index in [-0.39, 0.29) is 43.5 Å². The second kappa shape index (κ2) is 20.7. The topological polar surface area (TPSA) is 210 Å². The molecule has 1 aromatic carbocycles. The van der Waals surface area contributed by atoms with E-state index in [4.69, 9.17) is 9.47 Å². The van der Waals surface area contributed by atoms with Crippen LogP contribution in [0, 0.1) is 5.92 Å². The Balaban J connectivity index is 1.27. The lowest BCUT2D eigenvalue weighted by atomic mass is 9.83. The average molecular weight is 808 g/mol. The maximum atomic E-state index is 14.5. The zero-order valence-electron chi connectivity index (χ0n) is 34.2. The molecular weight excluding hydrogens is 747 g/mol. The third-order valence-electron chi connectivity index (χ3n) is 10.8. The summed E-state index contributed by atoms with van der Waals surface area (Å²) in [5.41, 5.74) is 0.285.